The number of morpholine rings is 1. The van der Waals surface area contributed by atoms with E-state index in [9.17, 15) is 17.6 Å². The molecule has 2 heterocycles. The quantitative estimate of drug-likeness (QED) is 0.697. The Kier molecular flexibility index (Phi) is 6.46. The summed E-state index contributed by atoms with van der Waals surface area (Å²) in [5.74, 6) is -1.51. The maximum atomic E-state index is 14.2. The Morgan fingerprint density at radius 3 is 2.74 bits per heavy atom. The second-order valence-electron chi connectivity index (χ2n) is 6.72. The molecule has 2 fully saturated rings. The van der Waals surface area contributed by atoms with Crippen molar-refractivity contribution in [2.24, 2.45) is 0 Å². The van der Waals surface area contributed by atoms with E-state index in [1.807, 2.05) is 6.92 Å². The van der Waals surface area contributed by atoms with Gasteiger partial charge in [-0.2, -0.15) is 4.31 Å². The number of likely N-dealkylation sites (tertiary alicyclic amines) is 1. The Balaban J connectivity index is 1.77. The van der Waals surface area contributed by atoms with E-state index in [0.717, 1.165) is 38.1 Å². The van der Waals surface area contributed by atoms with Gasteiger partial charge in [-0.25, -0.2) is 17.6 Å². The SMILES string of the molecule is CCN1CCCC(OC(=O)c2ccc(F)c(S(=O)(=O)N3CCOCC3)c2)C1. The third-order valence-corrected chi connectivity index (χ3v) is 6.85. The van der Waals surface area contributed by atoms with Crippen molar-refractivity contribution in [2.75, 3.05) is 45.9 Å². The lowest BCUT2D eigenvalue weighted by molar-refractivity contribution is 0.00771. The summed E-state index contributed by atoms with van der Waals surface area (Å²) >= 11 is 0. The molecule has 0 radical (unpaired) electrons. The van der Waals surface area contributed by atoms with Crippen LogP contribution in [0.5, 0.6) is 0 Å². The molecule has 0 bridgehead atoms. The highest BCUT2D eigenvalue weighted by Crippen LogP contribution is 2.23. The van der Waals surface area contributed by atoms with Gasteiger partial charge in [0.25, 0.3) is 0 Å². The zero-order valence-electron chi connectivity index (χ0n) is 15.4. The van der Waals surface area contributed by atoms with Crippen LogP contribution in [-0.4, -0.2) is 75.6 Å². The fraction of sp³-hybridized carbons (Fsp3) is 0.611. The van der Waals surface area contributed by atoms with Crippen LogP contribution in [-0.2, 0) is 19.5 Å². The zero-order valence-corrected chi connectivity index (χ0v) is 16.2. The first kappa shape index (κ1) is 20.2. The molecule has 1 atom stereocenters. The number of hydrogen-bond acceptors (Lipinski definition) is 6. The molecular formula is C18H25FN2O5S. The number of halogens is 1. The fourth-order valence-corrected chi connectivity index (χ4v) is 4.87. The van der Waals surface area contributed by atoms with E-state index in [1.54, 1.807) is 0 Å². The summed E-state index contributed by atoms with van der Waals surface area (Å²) in [6.07, 6.45) is 1.46. The summed E-state index contributed by atoms with van der Waals surface area (Å²) in [5.41, 5.74) is 0.0388. The summed E-state index contributed by atoms with van der Waals surface area (Å²) < 4.78 is 51.5. The predicted octanol–water partition coefficient (Wildman–Crippen LogP) is 1.49. The van der Waals surface area contributed by atoms with Crippen molar-refractivity contribution in [3.63, 3.8) is 0 Å². The number of ether oxygens (including phenoxy) is 2. The molecule has 0 aromatic heterocycles. The Morgan fingerprint density at radius 2 is 2.04 bits per heavy atom. The smallest absolute Gasteiger partial charge is 0.338 e. The van der Waals surface area contributed by atoms with E-state index < -0.39 is 26.7 Å². The van der Waals surface area contributed by atoms with Crippen molar-refractivity contribution in [2.45, 2.75) is 30.8 Å². The van der Waals surface area contributed by atoms with Crippen LogP contribution >= 0.6 is 0 Å². The monoisotopic (exact) mass is 400 g/mol. The maximum absolute atomic E-state index is 14.2. The highest BCUT2D eigenvalue weighted by molar-refractivity contribution is 7.89. The van der Waals surface area contributed by atoms with Crippen molar-refractivity contribution in [3.05, 3.63) is 29.6 Å². The van der Waals surface area contributed by atoms with Crippen LogP contribution in [0.3, 0.4) is 0 Å². The van der Waals surface area contributed by atoms with E-state index in [4.69, 9.17) is 9.47 Å². The number of esters is 1. The largest absolute Gasteiger partial charge is 0.457 e. The number of sulfonamides is 1. The van der Waals surface area contributed by atoms with Gasteiger partial charge in [-0.05, 0) is 44.1 Å². The third-order valence-electron chi connectivity index (χ3n) is 4.94. The van der Waals surface area contributed by atoms with Gasteiger partial charge >= 0.3 is 5.97 Å². The van der Waals surface area contributed by atoms with E-state index in [2.05, 4.69) is 4.90 Å². The van der Waals surface area contributed by atoms with Crippen LogP contribution < -0.4 is 0 Å². The molecular weight excluding hydrogens is 375 g/mol. The summed E-state index contributed by atoms with van der Waals surface area (Å²) in [7, 11) is -4.03. The average Bonchev–Trinajstić information content (AvgIpc) is 2.69. The number of hydrogen-bond donors (Lipinski definition) is 0. The molecule has 1 unspecified atom stereocenters. The Labute approximate surface area is 159 Å². The normalized spacial score (nSPS) is 22.5. The number of carbonyl (C=O) groups excluding carboxylic acids is 1. The summed E-state index contributed by atoms with van der Waals surface area (Å²) in [4.78, 5) is 14.2. The van der Waals surface area contributed by atoms with Gasteiger partial charge in [-0.3, -0.25) is 4.90 Å². The molecule has 27 heavy (non-hydrogen) atoms. The van der Waals surface area contributed by atoms with Crippen LogP contribution in [0.2, 0.25) is 0 Å². The predicted molar refractivity (Wildman–Crippen MR) is 96.5 cm³/mol. The van der Waals surface area contributed by atoms with Crippen molar-refractivity contribution in [3.8, 4) is 0 Å². The first-order valence-electron chi connectivity index (χ1n) is 9.22. The number of rotatable bonds is 5. The molecule has 0 aliphatic carbocycles. The minimum absolute atomic E-state index is 0.0388. The number of benzene rings is 1. The van der Waals surface area contributed by atoms with Gasteiger partial charge in [0.05, 0.1) is 18.8 Å². The summed E-state index contributed by atoms with van der Waals surface area (Å²) in [6, 6.07) is 3.34. The van der Waals surface area contributed by atoms with Crippen molar-refractivity contribution in [1.29, 1.82) is 0 Å². The van der Waals surface area contributed by atoms with Crippen LogP contribution in [0.15, 0.2) is 23.1 Å². The molecule has 7 nitrogen and oxygen atoms in total. The van der Waals surface area contributed by atoms with Gasteiger partial charge in [0.1, 0.15) is 16.8 Å². The van der Waals surface area contributed by atoms with Crippen LogP contribution in [0, 0.1) is 5.82 Å². The summed E-state index contributed by atoms with van der Waals surface area (Å²) in [5, 5.41) is 0. The average molecular weight is 400 g/mol. The minimum atomic E-state index is -4.03. The highest BCUT2D eigenvalue weighted by atomic mass is 32.2. The number of nitrogens with zero attached hydrogens (tertiary/aromatic N) is 2. The first-order valence-corrected chi connectivity index (χ1v) is 10.7. The Morgan fingerprint density at radius 1 is 1.30 bits per heavy atom. The minimum Gasteiger partial charge on any atom is -0.457 e. The first-order chi connectivity index (χ1) is 12.9. The van der Waals surface area contributed by atoms with Gasteiger partial charge in [-0.15, -0.1) is 0 Å². The standard InChI is InChI=1S/C18H25FN2O5S/c1-2-20-7-3-4-15(13-20)26-18(22)14-5-6-16(19)17(12-14)27(23,24)21-8-10-25-11-9-21/h5-6,12,15H,2-4,7-11,13H2,1H3. The topological polar surface area (TPSA) is 76.2 Å². The number of carbonyl (C=O) groups is 1. The van der Waals surface area contributed by atoms with E-state index in [-0.39, 0.29) is 38.0 Å². The highest BCUT2D eigenvalue weighted by Gasteiger charge is 2.30. The number of likely N-dealkylation sites (N-methyl/N-ethyl adjacent to an activating group) is 1. The molecule has 3 rings (SSSR count). The molecule has 2 aliphatic rings. The maximum Gasteiger partial charge on any atom is 0.338 e. The van der Waals surface area contributed by atoms with Gasteiger partial charge in [0.15, 0.2) is 0 Å². The molecule has 9 heteroatoms. The molecule has 0 N–H and O–H groups in total. The van der Waals surface area contributed by atoms with Gasteiger partial charge in [-0.1, -0.05) is 6.92 Å². The molecule has 150 valence electrons. The van der Waals surface area contributed by atoms with Crippen LogP contribution in [0.1, 0.15) is 30.1 Å². The van der Waals surface area contributed by atoms with Gasteiger partial charge < -0.3 is 9.47 Å². The third kappa shape index (κ3) is 4.66. The fourth-order valence-electron chi connectivity index (χ4n) is 3.37. The van der Waals surface area contributed by atoms with E-state index in [0.29, 0.717) is 6.54 Å². The Hall–Kier alpha value is -1.55. The van der Waals surface area contributed by atoms with E-state index in [1.165, 1.54) is 10.4 Å². The molecule has 1 aromatic rings. The molecule has 0 amide bonds. The van der Waals surface area contributed by atoms with E-state index >= 15 is 0 Å². The van der Waals surface area contributed by atoms with Crippen molar-refractivity contribution in [1.82, 2.24) is 9.21 Å². The van der Waals surface area contributed by atoms with Crippen LogP contribution in [0.4, 0.5) is 4.39 Å². The lowest BCUT2D eigenvalue weighted by atomic mass is 10.1. The molecule has 0 spiro atoms. The molecule has 0 saturated carbocycles. The van der Waals surface area contributed by atoms with Crippen molar-refractivity contribution < 1.29 is 27.1 Å². The Bertz CT molecular complexity index is 780. The lowest BCUT2D eigenvalue weighted by Gasteiger charge is -2.31. The second-order valence-corrected chi connectivity index (χ2v) is 8.63. The zero-order chi connectivity index (χ0) is 19.4. The van der Waals surface area contributed by atoms with Gasteiger partial charge in [0, 0.05) is 19.6 Å². The number of piperidine rings is 1. The molecule has 2 aliphatic heterocycles. The summed E-state index contributed by atoms with van der Waals surface area (Å²) in [6.45, 7) is 5.40. The molecule has 1 aromatic carbocycles. The van der Waals surface area contributed by atoms with Crippen molar-refractivity contribution >= 4 is 16.0 Å². The van der Waals surface area contributed by atoms with Crippen LogP contribution in [0.25, 0.3) is 0 Å². The lowest BCUT2D eigenvalue weighted by Crippen LogP contribution is -2.41. The molecule has 2 saturated heterocycles. The van der Waals surface area contributed by atoms with Gasteiger partial charge in [0.2, 0.25) is 10.0 Å². The second kappa shape index (κ2) is 8.64.